The quantitative estimate of drug-likeness (QED) is 0.850. The molecule has 1 aliphatic rings. The molecule has 0 unspecified atom stereocenters. The molecule has 1 aromatic heterocycles. The largest absolute Gasteiger partial charge is 0.305 e. The van der Waals surface area contributed by atoms with Gasteiger partial charge in [-0.05, 0) is 29.9 Å². The lowest BCUT2D eigenvalue weighted by atomic mass is 10.0. The Labute approximate surface area is 131 Å². The first-order chi connectivity index (χ1) is 10.4. The number of hydrogen-bond acceptors (Lipinski definition) is 4. The van der Waals surface area contributed by atoms with Crippen LogP contribution < -0.4 is 0 Å². The van der Waals surface area contributed by atoms with Crippen molar-refractivity contribution in [3.63, 3.8) is 0 Å². The van der Waals surface area contributed by atoms with Gasteiger partial charge in [0.1, 0.15) is 5.82 Å². The van der Waals surface area contributed by atoms with Crippen LogP contribution in [0, 0.1) is 0 Å². The Morgan fingerprint density at radius 3 is 2.36 bits per heavy atom. The van der Waals surface area contributed by atoms with Crippen molar-refractivity contribution < 1.29 is 8.42 Å². The van der Waals surface area contributed by atoms with Crippen LogP contribution in [-0.2, 0) is 22.6 Å². The van der Waals surface area contributed by atoms with Gasteiger partial charge in [-0.25, -0.2) is 8.42 Å². The van der Waals surface area contributed by atoms with E-state index in [2.05, 4.69) is 24.0 Å². The van der Waals surface area contributed by atoms with Gasteiger partial charge in [-0.1, -0.05) is 38.1 Å². The van der Waals surface area contributed by atoms with Crippen LogP contribution in [0.4, 0.5) is 0 Å². The molecule has 6 heteroatoms. The second kappa shape index (κ2) is 5.50. The Morgan fingerprint density at radius 1 is 1.18 bits per heavy atom. The molecule has 1 fully saturated rings. The molecule has 0 N–H and O–H groups in total. The SMILES string of the molecule is CC(C)c1ccc(CS(=O)(=O)c2nnc(C3CC3)n2C)cc1. The van der Waals surface area contributed by atoms with E-state index in [1.165, 1.54) is 5.56 Å². The maximum absolute atomic E-state index is 12.6. The maximum Gasteiger partial charge on any atom is 0.249 e. The monoisotopic (exact) mass is 319 g/mol. The van der Waals surface area contributed by atoms with E-state index in [9.17, 15) is 8.42 Å². The molecule has 1 heterocycles. The number of sulfone groups is 1. The predicted molar refractivity (Wildman–Crippen MR) is 84.4 cm³/mol. The van der Waals surface area contributed by atoms with Crippen LogP contribution in [0.2, 0.25) is 0 Å². The van der Waals surface area contributed by atoms with Gasteiger partial charge in [0.25, 0.3) is 0 Å². The summed E-state index contributed by atoms with van der Waals surface area (Å²) in [7, 11) is -1.73. The van der Waals surface area contributed by atoms with E-state index >= 15 is 0 Å². The van der Waals surface area contributed by atoms with E-state index < -0.39 is 9.84 Å². The molecule has 0 amide bonds. The fraction of sp³-hybridized carbons (Fsp3) is 0.500. The average Bonchev–Trinajstić information content (AvgIpc) is 3.21. The molecule has 1 aliphatic carbocycles. The summed E-state index contributed by atoms with van der Waals surface area (Å²) >= 11 is 0. The molecular formula is C16H21N3O2S. The van der Waals surface area contributed by atoms with Crippen LogP contribution in [0.3, 0.4) is 0 Å². The van der Waals surface area contributed by atoms with Crippen LogP contribution >= 0.6 is 0 Å². The van der Waals surface area contributed by atoms with Crippen molar-refractivity contribution in [2.45, 2.75) is 49.4 Å². The standard InChI is InChI=1S/C16H21N3O2S/c1-11(2)13-6-4-12(5-7-13)10-22(20,21)16-18-17-15(19(16)3)14-8-9-14/h4-7,11,14H,8-10H2,1-3H3. The molecule has 1 saturated carbocycles. The Bertz CT molecular complexity index is 772. The van der Waals surface area contributed by atoms with Crippen LogP contribution in [-0.4, -0.2) is 23.2 Å². The highest BCUT2D eigenvalue weighted by Crippen LogP contribution is 2.39. The lowest BCUT2D eigenvalue weighted by molar-refractivity contribution is 0.575. The van der Waals surface area contributed by atoms with Gasteiger partial charge in [-0.3, -0.25) is 0 Å². The third kappa shape index (κ3) is 2.92. The first-order valence-electron chi connectivity index (χ1n) is 7.59. The smallest absolute Gasteiger partial charge is 0.249 e. The summed E-state index contributed by atoms with van der Waals surface area (Å²) in [5.74, 6) is 1.56. The number of benzene rings is 1. The summed E-state index contributed by atoms with van der Waals surface area (Å²) < 4.78 is 26.8. The van der Waals surface area contributed by atoms with Gasteiger partial charge >= 0.3 is 0 Å². The fourth-order valence-corrected chi connectivity index (χ4v) is 4.01. The molecule has 118 valence electrons. The van der Waals surface area contributed by atoms with Gasteiger partial charge in [0.2, 0.25) is 15.0 Å². The summed E-state index contributed by atoms with van der Waals surface area (Å²) in [4.78, 5) is 0. The van der Waals surface area contributed by atoms with Gasteiger partial charge in [0, 0.05) is 13.0 Å². The summed E-state index contributed by atoms with van der Waals surface area (Å²) in [6.07, 6.45) is 2.14. The van der Waals surface area contributed by atoms with Gasteiger partial charge in [-0.15, -0.1) is 10.2 Å². The zero-order valence-corrected chi connectivity index (χ0v) is 14.0. The molecular weight excluding hydrogens is 298 g/mol. The van der Waals surface area contributed by atoms with Crippen LogP contribution in [0.5, 0.6) is 0 Å². The van der Waals surface area contributed by atoms with Crippen molar-refractivity contribution in [2.24, 2.45) is 7.05 Å². The molecule has 0 aliphatic heterocycles. The number of aromatic nitrogens is 3. The van der Waals surface area contributed by atoms with Gasteiger partial charge in [0.05, 0.1) is 5.75 Å². The van der Waals surface area contributed by atoms with E-state index in [0.29, 0.717) is 11.8 Å². The lowest BCUT2D eigenvalue weighted by Crippen LogP contribution is -2.12. The minimum Gasteiger partial charge on any atom is -0.305 e. The van der Waals surface area contributed by atoms with Crippen molar-refractivity contribution in [3.05, 3.63) is 41.2 Å². The van der Waals surface area contributed by atoms with Crippen molar-refractivity contribution >= 4 is 9.84 Å². The second-order valence-corrected chi connectivity index (χ2v) is 8.21. The fourth-order valence-electron chi connectivity index (χ4n) is 2.58. The summed E-state index contributed by atoms with van der Waals surface area (Å²) in [5, 5.41) is 8.04. The molecule has 1 aromatic carbocycles. The van der Waals surface area contributed by atoms with Gasteiger partial charge in [-0.2, -0.15) is 0 Å². The molecule has 0 spiro atoms. The molecule has 2 aromatic rings. The normalized spacial score (nSPS) is 15.5. The third-order valence-corrected chi connectivity index (χ3v) is 5.72. The molecule has 0 radical (unpaired) electrons. The first-order valence-corrected chi connectivity index (χ1v) is 9.24. The molecule has 3 rings (SSSR count). The minimum absolute atomic E-state index is 0.0397. The van der Waals surface area contributed by atoms with E-state index in [0.717, 1.165) is 24.2 Å². The van der Waals surface area contributed by atoms with Crippen molar-refractivity contribution in [1.82, 2.24) is 14.8 Å². The molecule has 5 nitrogen and oxygen atoms in total. The Hall–Kier alpha value is -1.69. The summed E-state index contributed by atoms with van der Waals surface area (Å²) in [6, 6.07) is 7.74. The minimum atomic E-state index is -3.47. The topological polar surface area (TPSA) is 64.8 Å². The van der Waals surface area contributed by atoms with Crippen LogP contribution in [0.1, 0.15) is 55.5 Å². The predicted octanol–water partition coefficient (Wildman–Crippen LogP) is 2.79. The average molecular weight is 319 g/mol. The molecule has 22 heavy (non-hydrogen) atoms. The zero-order chi connectivity index (χ0) is 15.9. The van der Waals surface area contributed by atoms with Gasteiger partial charge < -0.3 is 4.57 Å². The van der Waals surface area contributed by atoms with Crippen LogP contribution in [0.25, 0.3) is 0 Å². The number of nitrogens with zero attached hydrogens (tertiary/aromatic N) is 3. The van der Waals surface area contributed by atoms with E-state index in [-0.39, 0.29) is 10.9 Å². The number of rotatable bonds is 5. The highest BCUT2D eigenvalue weighted by molar-refractivity contribution is 7.90. The molecule has 0 saturated heterocycles. The first kappa shape index (κ1) is 15.2. The molecule has 0 bridgehead atoms. The van der Waals surface area contributed by atoms with Crippen molar-refractivity contribution in [1.29, 1.82) is 0 Å². The maximum atomic E-state index is 12.6. The highest BCUT2D eigenvalue weighted by atomic mass is 32.2. The van der Waals surface area contributed by atoms with E-state index in [4.69, 9.17) is 0 Å². The van der Waals surface area contributed by atoms with Gasteiger partial charge in [0.15, 0.2) is 0 Å². The van der Waals surface area contributed by atoms with E-state index in [1.807, 2.05) is 24.3 Å². The zero-order valence-electron chi connectivity index (χ0n) is 13.2. The Balaban J connectivity index is 1.84. The van der Waals surface area contributed by atoms with E-state index in [1.54, 1.807) is 11.6 Å². The number of hydrogen-bond donors (Lipinski definition) is 0. The van der Waals surface area contributed by atoms with Crippen molar-refractivity contribution in [3.8, 4) is 0 Å². The third-order valence-electron chi connectivity index (χ3n) is 4.09. The highest BCUT2D eigenvalue weighted by Gasteiger charge is 2.32. The molecule has 0 atom stereocenters. The summed E-state index contributed by atoms with van der Waals surface area (Å²) in [5.41, 5.74) is 1.98. The van der Waals surface area contributed by atoms with Crippen molar-refractivity contribution in [2.75, 3.05) is 0 Å². The Kier molecular flexibility index (Phi) is 3.80. The van der Waals surface area contributed by atoms with Crippen LogP contribution in [0.15, 0.2) is 29.4 Å². The Morgan fingerprint density at radius 2 is 1.82 bits per heavy atom. The lowest BCUT2D eigenvalue weighted by Gasteiger charge is -2.08. The summed E-state index contributed by atoms with van der Waals surface area (Å²) in [6.45, 7) is 4.23. The second-order valence-electron chi connectivity index (χ2n) is 6.33.